The molecule has 1 amide bonds. The average molecular weight is 423 g/mol. The van der Waals surface area contributed by atoms with E-state index in [1.54, 1.807) is 27.2 Å². The third-order valence-corrected chi connectivity index (χ3v) is 4.61. The number of amides is 1. The maximum Gasteiger partial charge on any atom is 0.269 e. The predicted octanol–water partition coefficient (Wildman–Crippen LogP) is 4.25. The lowest BCUT2D eigenvalue weighted by Crippen LogP contribution is -2.13. The van der Waals surface area contributed by atoms with Crippen molar-refractivity contribution in [2.45, 2.75) is 19.8 Å². The van der Waals surface area contributed by atoms with Crippen molar-refractivity contribution in [3.05, 3.63) is 56.0 Å². The summed E-state index contributed by atoms with van der Waals surface area (Å²) in [5.74, 6) is 1.02. The molecular weight excluding hydrogens is 404 g/mol. The minimum Gasteiger partial charge on any atom is -0.493 e. The lowest BCUT2D eigenvalue weighted by atomic mass is 10.1. The van der Waals surface area contributed by atoms with Gasteiger partial charge in [0.05, 0.1) is 19.1 Å². The minimum atomic E-state index is -0.465. The van der Waals surface area contributed by atoms with E-state index in [1.807, 2.05) is 6.07 Å². The standard InChI is InChI=1S/C18H19BrN2O5/c1-11-8-13(21(23)24)5-6-15(11)20-18(22)7-4-12-9-16(25-2)17(26-3)10-14(12)19/h5-6,8-10H,4,7H2,1-3H3,(H,20,22). The van der Waals surface area contributed by atoms with Gasteiger partial charge < -0.3 is 14.8 Å². The molecule has 0 saturated carbocycles. The number of hydrogen-bond donors (Lipinski definition) is 1. The number of aryl methyl sites for hydroxylation is 2. The van der Waals surface area contributed by atoms with Gasteiger partial charge in [-0.05, 0) is 42.7 Å². The second-order valence-corrected chi connectivity index (χ2v) is 6.46. The summed E-state index contributed by atoms with van der Waals surface area (Å²) < 4.78 is 11.3. The number of nitrogens with zero attached hydrogens (tertiary/aromatic N) is 1. The molecule has 2 rings (SSSR count). The fourth-order valence-electron chi connectivity index (χ4n) is 2.45. The molecule has 26 heavy (non-hydrogen) atoms. The summed E-state index contributed by atoms with van der Waals surface area (Å²) in [7, 11) is 3.11. The molecule has 0 heterocycles. The van der Waals surface area contributed by atoms with Crippen LogP contribution in [0, 0.1) is 17.0 Å². The Kier molecular flexibility index (Phi) is 6.57. The van der Waals surface area contributed by atoms with E-state index >= 15 is 0 Å². The van der Waals surface area contributed by atoms with E-state index in [4.69, 9.17) is 9.47 Å². The van der Waals surface area contributed by atoms with E-state index in [2.05, 4.69) is 21.2 Å². The zero-order chi connectivity index (χ0) is 19.3. The maximum absolute atomic E-state index is 12.2. The van der Waals surface area contributed by atoms with Crippen molar-refractivity contribution in [3.8, 4) is 11.5 Å². The Balaban J connectivity index is 2.04. The van der Waals surface area contributed by atoms with Gasteiger partial charge in [0.2, 0.25) is 5.91 Å². The summed E-state index contributed by atoms with van der Waals surface area (Å²) in [5, 5.41) is 13.6. The monoisotopic (exact) mass is 422 g/mol. The van der Waals surface area contributed by atoms with E-state index in [0.717, 1.165) is 10.0 Å². The van der Waals surface area contributed by atoms with E-state index in [-0.39, 0.29) is 18.0 Å². The molecule has 0 saturated heterocycles. The normalized spacial score (nSPS) is 10.3. The highest BCUT2D eigenvalue weighted by Crippen LogP contribution is 2.33. The Hall–Kier alpha value is -2.61. The summed E-state index contributed by atoms with van der Waals surface area (Å²) in [4.78, 5) is 22.5. The largest absolute Gasteiger partial charge is 0.493 e. The lowest BCUT2D eigenvalue weighted by molar-refractivity contribution is -0.384. The predicted molar refractivity (Wildman–Crippen MR) is 102 cm³/mol. The molecule has 2 aromatic carbocycles. The summed E-state index contributed by atoms with van der Waals surface area (Å²) >= 11 is 3.47. The number of halogens is 1. The van der Waals surface area contributed by atoms with Crippen LogP contribution in [0.25, 0.3) is 0 Å². The maximum atomic E-state index is 12.2. The highest BCUT2D eigenvalue weighted by molar-refractivity contribution is 9.10. The van der Waals surface area contributed by atoms with Crippen molar-refractivity contribution in [1.82, 2.24) is 0 Å². The van der Waals surface area contributed by atoms with E-state index in [1.165, 1.54) is 18.2 Å². The molecule has 2 aromatic rings. The molecule has 0 aromatic heterocycles. The van der Waals surface area contributed by atoms with E-state index < -0.39 is 4.92 Å². The van der Waals surface area contributed by atoms with Gasteiger partial charge in [0.1, 0.15) is 0 Å². The smallest absolute Gasteiger partial charge is 0.269 e. The highest BCUT2D eigenvalue weighted by Gasteiger charge is 2.13. The number of nitrogens with one attached hydrogen (secondary N) is 1. The van der Waals surface area contributed by atoms with Crippen LogP contribution in [0.5, 0.6) is 11.5 Å². The van der Waals surface area contributed by atoms with Crippen LogP contribution < -0.4 is 14.8 Å². The molecule has 7 nitrogen and oxygen atoms in total. The number of ether oxygens (including phenoxy) is 2. The van der Waals surface area contributed by atoms with Crippen LogP contribution in [0.15, 0.2) is 34.8 Å². The zero-order valence-electron chi connectivity index (χ0n) is 14.7. The fourth-order valence-corrected chi connectivity index (χ4v) is 2.97. The van der Waals surface area contributed by atoms with Gasteiger partial charge in [0, 0.05) is 28.7 Å². The number of non-ortho nitro benzene ring substituents is 1. The first-order chi connectivity index (χ1) is 12.3. The topological polar surface area (TPSA) is 90.7 Å². The van der Waals surface area contributed by atoms with Crippen molar-refractivity contribution < 1.29 is 19.2 Å². The fraction of sp³-hybridized carbons (Fsp3) is 0.278. The molecule has 8 heteroatoms. The minimum absolute atomic E-state index is 0.00485. The lowest BCUT2D eigenvalue weighted by Gasteiger charge is -2.12. The van der Waals surface area contributed by atoms with Crippen molar-refractivity contribution in [1.29, 1.82) is 0 Å². The van der Waals surface area contributed by atoms with Crippen molar-refractivity contribution in [3.63, 3.8) is 0 Å². The van der Waals surface area contributed by atoms with Gasteiger partial charge >= 0.3 is 0 Å². The molecule has 0 aliphatic carbocycles. The third-order valence-electron chi connectivity index (χ3n) is 3.87. The second kappa shape index (κ2) is 8.66. The Morgan fingerprint density at radius 1 is 1.19 bits per heavy atom. The quantitative estimate of drug-likeness (QED) is 0.531. The van der Waals surface area contributed by atoms with E-state index in [0.29, 0.717) is 29.2 Å². The van der Waals surface area contributed by atoms with Gasteiger partial charge in [-0.1, -0.05) is 15.9 Å². The number of anilines is 1. The molecule has 0 unspecified atom stereocenters. The molecule has 0 aliphatic rings. The Morgan fingerprint density at radius 3 is 2.42 bits per heavy atom. The number of carbonyl (C=O) groups is 1. The highest BCUT2D eigenvalue weighted by atomic mass is 79.9. The van der Waals surface area contributed by atoms with Crippen molar-refractivity contribution in [2.24, 2.45) is 0 Å². The van der Waals surface area contributed by atoms with Crippen LogP contribution in [0.1, 0.15) is 17.5 Å². The molecule has 0 radical (unpaired) electrons. The molecule has 0 aliphatic heterocycles. The average Bonchev–Trinajstić information content (AvgIpc) is 2.61. The second-order valence-electron chi connectivity index (χ2n) is 5.60. The Morgan fingerprint density at radius 2 is 1.85 bits per heavy atom. The molecule has 0 atom stereocenters. The van der Waals surface area contributed by atoms with Crippen LogP contribution in [-0.2, 0) is 11.2 Å². The summed E-state index contributed by atoms with van der Waals surface area (Å²) in [6.45, 7) is 1.72. The van der Waals surface area contributed by atoms with Gasteiger partial charge in [0.25, 0.3) is 5.69 Å². The number of methoxy groups -OCH3 is 2. The number of carbonyl (C=O) groups excluding carboxylic acids is 1. The molecule has 138 valence electrons. The van der Waals surface area contributed by atoms with Gasteiger partial charge in [0.15, 0.2) is 11.5 Å². The number of nitro benzene ring substituents is 1. The van der Waals surface area contributed by atoms with Crippen molar-refractivity contribution in [2.75, 3.05) is 19.5 Å². The van der Waals surface area contributed by atoms with Crippen LogP contribution >= 0.6 is 15.9 Å². The number of benzene rings is 2. The first kappa shape index (κ1) is 19.7. The Bertz CT molecular complexity index is 839. The van der Waals surface area contributed by atoms with Gasteiger partial charge in [-0.15, -0.1) is 0 Å². The van der Waals surface area contributed by atoms with Crippen LogP contribution in [0.2, 0.25) is 0 Å². The number of rotatable bonds is 7. The summed E-state index contributed by atoms with van der Waals surface area (Å²) in [6.07, 6.45) is 0.753. The molecular formula is C18H19BrN2O5. The SMILES string of the molecule is COc1cc(Br)c(CCC(=O)Nc2ccc([N+](=O)[O-])cc2C)cc1OC. The molecule has 1 N–H and O–H groups in total. The molecule has 0 fully saturated rings. The number of hydrogen-bond acceptors (Lipinski definition) is 5. The molecule has 0 spiro atoms. The molecule has 0 bridgehead atoms. The van der Waals surface area contributed by atoms with Crippen LogP contribution in [-0.4, -0.2) is 25.1 Å². The van der Waals surface area contributed by atoms with Crippen molar-refractivity contribution >= 4 is 33.2 Å². The Labute approximate surface area is 159 Å². The summed E-state index contributed by atoms with van der Waals surface area (Å²) in [5.41, 5.74) is 2.11. The van der Waals surface area contributed by atoms with Crippen LogP contribution in [0.4, 0.5) is 11.4 Å². The van der Waals surface area contributed by atoms with E-state index in [9.17, 15) is 14.9 Å². The number of nitro groups is 1. The van der Waals surface area contributed by atoms with Gasteiger partial charge in [-0.3, -0.25) is 14.9 Å². The first-order valence-corrected chi connectivity index (χ1v) is 8.60. The van der Waals surface area contributed by atoms with Gasteiger partial charge in [-0.2, -0.15) is 0 Å². The van der Waals surface area contributed by atoms with Gasteiger partial charge in [-0.25, -0.2) is 0 Å². The summed E-state index contributed by atoms with van der Waals surface area (Å²) in [6, 6.07) is 7.96. The zero-order valence-corrected chi connectivity index (χ0v) is 16.3. The van der Waals surface area contributed by atoms with Crippen LogP contribution in [0.3, 0.4) is 0 Å². The third kappa shape index (κ3) is 4.72. The first-order valence-electron chi connectivity index (χ1n) is 7.81.